The Kier molecular flexibility index (Phi) is 5.20. The van der Waals surface area contributed by atoms with E-state index in [4.69, 9.17) is 4.74 Å². The van der Waals surface area contributed by atoms with Gasteiger partial charge in [-0.2, -0.15) is 0 Å². The first-order valence-electron chi connectivity index (χ1n) is 7.39. The number of nitrogens with one attached hydrogen (secondary N) is 2. The lowest BCUT2D eigenvalue weighted by molar-refractivity contribution is -0.130. The molecule has 2 amide bonds. The van der Waals surface area contributed by atoms with E-state index < -0.39 is 6.10 Å². The number of hydrogen-bond acceptors (Lipinski definition) is 3. The van der Waals surface area contributed by atoms with Crippen LogP contribution in [0.2, 0.25) is 0 Å². The maximum absolute atomic E-state index is 12.3. The molecule has 0 saturated carbocycles. The minimum Gasteiger partial charge on any atom is -0.481 e. The number of hydrogen-bond donors (Lipinski definition) is 2. The summed E-state index contributed by atoms with van der Waals surface area (Å²) in [6.07, 6.45) is 1.22. The molecule has 0 aromatic heterocycles. The van der Waals surface area contributed by atoms with Gasteiger partial charge in [-0.25, -0.2) is 0 Å². The van der Waals surface area contributed by atoms with Crippen LogP contribution in [0.25, 0.3) is 0 Å². The summed E-state index contributed by atoms with van der Waals surface area (Å²) in [5.41, 5.74) is 1.10. The molecule has 1 saturated heterocycles. The molecule has 2 rings (SSSR count). The zero-order valence-electron chi connectivity index (χ0n) is 12.5. The topological polar surface area (TPSA) is 67.4 Å². The van der Waals surface area contributed by atoms with Gasteiger partial charge in [-0.1, -0.05) is 19.1 Å². The molecule has 0 bridgehead atoms. The number of carbonyl (C=O) groups excluding carboxylic acids is 2. The van der Waals surface area contributed by atoms with E-state index in [2.05, 4.69) is 10.6 Å². The number of carbonyl (C=O) groups is 2. The van der Waals surface area contributed by atoms with Crippen LogP contribution in [0.15, 0.2) is 24.3 Å². The SMILES string of the molecule is CC[C@H](Oc1cccc(C)c1)C(=O)N[C@H]1CCC(=O)NC1. The van der Waals surface area contributed by atoms with E-state index in [9.17, 15) is 9.59 Å². The largest absolute Gasteiger partial charge is 0.481 e. The first-order valence-corrected chi connectivity index (χ1v) is 7.39. The molecule has 0 unspecified atom stereocenters. The number of aryl methyl sites for hydroxylation is 1. The van der Waals surface area contributed by atoms with Crippen LogP contribution in [-0.2, 0) is 9.59 Å². The van der Waals surface area contributed by atoms with Crippen LogP contribution in [0, 0.1) is 6.92 Å². The van der Waals surface area contributed by atoms with Crippen molar-refractivity contribution in [2.75, 3.05) is 6.54 Å². The van der Waals surface area contributed by atoms with Gasteiger partial charge in [0.15, 0.2) is 6.10 Å². The highest BCUT2D eigenvalue weighted by Gasteiger charge is 2.24. The van der Waals surface area contributed by atoms with Gasteiger partial charge < -0.3 is 15.4 Å². The highest BCUT2D eigenvalue weighted by Crippen LogP contribution is 2.16. The molecule has 1 aromatic carbocycles. The normalized spacial score (nSPS) is 19.5. The zero-order valence-corrected chi connectivity index (χ0v) is 12.5. The summed E-state index contributed by atoms with van der Waals surface area (Å²) in [4.78, 5) is 23.4. The molecule has 2 atom stereocenters. The second-order valence-electron chi connectivity index (χ2n) is 5.38. The molecule has 0 spiro atoms. The van der Waals surface area contributed by atoms with Crippen molar-refractivity contribution in [3.05, 3.63) is 29.8 Å². The fourth-order valence-electron chi connectivity index (χ4n) is 2.33. The fourth-order valence-corrected chi connectivity index (χ4v) is 2.33. The van der Waals surface area contributed by atoms with Gasteiger partial charge in [0, 0.05) is 19.0 Å². The van der Waals surface area contributed by atoms with E-state index in [1.54, 1.807) is 0 Å². The lowest BCUT2D eigenvalue weighted by Gasteiger charge is -2.26. The lowest BCUT2D eigenvalue weighted by atomic mass is 10.1. The molecule has 1 heterocycles. The zero-order chi connectivity index (χ0) is 15.2. The monoisotopic (exact) mass is 290 g/mol. The summed E-state index contributed by atoms with van der Waals surface area (Å²) >= 11 is 0. The molecule has 1 aliphatic rings. The lowest BCUT2D eigenvalue weighted by Crippen LogP contribution is -2.51. The molecule has 114 valence electrons. The average molecular weight is 290 g/mol. The second-order valence-corrected chi connectivity index (χ2v) is 5.38. The van der Waals surface area contributed by atoms with E-state index in [1.165, 1.54) is 0 Å². The first-order chi connectivity index (χ1) is 10.1. The number of piperidine rings is 1. The summed E-state index contributed by atoms with van der Waals surface area (Å²) in [7, 11) is 0. The van der Waals surface area contributed by atoms with E-state index >= 15 is 0 Å². The molecule has 0 radical (unpaired) electrons. The Morgan fingerprint density at radius 3 is 2.95 bits per heavy atom. The quantitative estimate of drug-likeness (QED) is 0.864. The van der Waals surface area contributed by atoms with Crippen LogP contribution in [0.3, 0.4) is 0 Å². The van der Waals surface area contributed by atoms with Crippen molar-refractivity contribution in [1.82, 2.24) is 10.6 Å². The minimum absolute atomic E-state index is 0.00893. The van der Waals surface area contributed by atoms with Crippen molar-refractivity contribution >= 4 is 11.8 Å². The predicted octanol–water partition coefficient (Wildman–Crippen LogP) is 1.55. The predicted molar refractivity (Wildman–Crippen MR) is 80.1 cm³/mol. The average Bonchev–Trinajstić information content (AvgIpc) is 2.47. The summed E-state index contributed by atoms with van der Waals surface area (Å²) < 4.78 is 5.77. The third kappa shape index (κ3) is 4.48. The highest BCUT2D eigenvalue weighted by atomic mass is 16.5. The maximum Gasteiger partial charge on any atom is 0.261 e. The number of amides is 2. The molecule has 21 heavy (non-hydrogen) atoms. The van der Waals surface area contributed by atoms with Crippen LogP contribution in [0.5, 0.6) is 5.75 Å². The van der Waals surface area contributed by atoms with Gasteiger partial charge in [0.2, 0.25) is 5.91 Å². The van der Waals surface area contributed by atoms with Crippen LogP contribution in [0.1, 0.15) is 31.7 Å². The van der Waals surface area contributed by atoms with Gasteiger partial charge in [0.05, 0.1) is 0 Å². The van der Waals surface area contributed by atoms with Crippen LogP contribution < -0.4 is 15.4 Å². The van der Waals surface area contributed by atoms with Gasteiger partial charge in [-0.15, -0.1) is 0 Å². The van der Waals surface area contributed by atoms with Crippen LogP contribution >= 0.6 is 0 Å². The summed E-state index contributed by atoms with van der Waals surface area (Å²) in [6, 6.07) is 7.65. The molecule has 2 N–H and O–H groups in total. The molecule has 1 aliphatic heterocycles. The maximum atomic E-state index is 12.3. The van der Waals surface area contributed by atoms with E-state index in [0.717, 1.165) is 5.56 Å². The van der Waals surface area contributed by atoms with Crippen molar-refractivity contribution in [2.24, 2.45) is 0 Å². The van der Waals surface area contributed by atoms with Crippen LogP contribution in [-0.4, -0.2) is 30.5 Å². The first kappa shape index (κ1) is 15.4. The van der Waals surface area contributed by atoms with Gasteiger partial charge in [-0.05, 0) is 37.5 Å². The summed E-state index contributed by atoms with van der Waals surface area (Å²) in [6.45, 7) is 4.40. The minimum atomic E-state index is -0.510. The Balaban J connectivity index is 1.90. The van der Waals surface area contributed by atoms with Crippen molar-refractivity contribution in [3.63, 3.8) is 0 Å². The Labute approximate surface area is 125 Å². The molecule has 1 aromatic rings. The van der Waals surface area contributed by atoms with Gasteiger partial charge >= 0.3 is 0 Å². The molecule has 5 heteroatoms. The van der Waals surface area contributed by atoms with Crippen molar-refractivity contribution < 1.29 is 14.3 Å². The molecule has 0 aliphatic carbocycles. The third-order valence-electron chi connectivity index (χ3n) is 3.54. The molecule has 5 nitrogen and oxygen atoms in total. The van der Waals surface area contributed by atoms with Gasteiger partial charge in [0.1, 0.15) is 5.75 Å². The van der Waals surface area contributed by atoms with Crippen molar-refractivity contribution in [2.45, 2.75) is 45.3 Å². The Morgan fingerprint density at radius 1 is 1.52 bits per heavy atom. The number of rotatable bonds is 5. The van der Waals surface area contributed by atoms with Gasteiger partial charge in [-0.3, -0.25) is 9.59 Å². The summed E-state index contributed by atoms with van der Waals surface area (Å²) in [5, 5.41) is 5.70. The van der Waals surface area contributed by atoms with Crippen LogP contribution in [0.4, 0.5) is 0 Å². The smallest absolute Gasteiger partial charge is 0.261 e. The fraction of sp³-hybridized carbons (Fsp3) is 0.500. The van der Waals surface area contributed by atoms with E-state index in [-0.39, 0.29) is 17.9 Å². The number of ether oxygens (including phenoxy) is 1. The third-order valence-corrected chi connectivity index (χ3v) is 3.54. The second kappa shape index (κ2) is 7.11. The standard InChI is InChI=1S/C16H22N2O3/c1-3-14(21-13-6-4-5-11(2)9-13)16(20)18-12-7-8-15(19)17-10-12/h4-6,9,12,14H,3,7-8,10H2,1-2H3,(H,17,19)(H,18,20)/t12-,14-/m0/s1. The summed E-state index contributed by atoms with van der Waals surface area (Å²) in [5.74, 6) is 0.623. The van der Waals surface area contributed by atoms with Gasteiger partial charge in [0.25, 0.3) is 5.91 Å². The van der Waals surface area contributed by atoms with E-state index in [0.29, 0.717) is 31.6 Å². The Morgan fingerprint density at radius 2 is 2.33 bits per heavy atom. The molecular formula is C16H22N2O3. The molecule has 1 fully saturated rings. The van der Waals surface area contributed by atoms with Crippen molar-refractivity contribution in [3.8, 4) is 5.75 Å². The number of benzene rings is 1. The Hall–Kier alpha value is -2.04. The highest BCUT2D eigenvalue weighted by molar-refractivity contribution is 5.82. The van der Waals surface area contributed by atoms with E-state index in [1.807, 2.05) is 38.1 Å². The Bertz CT molecular complexity index is 506. The molecular weight excluding hydrogens is 268 g/mol. The van der Waals surface area contributed by atoms with Crippen molar-refractivity contribution in [1.29, 1.82) is 0 Å².